The molecule has 0 radical (unpaired) electrons. The quantitative estimate of drug-likeness (QED) is 0.499. The van der Waals surface area contributed by atoms with Gasteiger partial charge in [-0.1, -0.05) is 12.1 Å². The molecule has 2 atom stereocenters. The molecule has 0 spiro atoms. The Morgan fingerprint density at radius 2 is 2.07 bits per heavy atom. The Bertz CT molecular complexity index is 1220. The highest BCUT2D eigenvalue weighted by atomic mass is 19.1. The molecule has 5 rings (SSSR count). The third kappa shape index (κ3) is 2.96. The number of H-pyrrole nitrogens is 1. The minimum Gasteiger partial charge on any atom is -0.388 e. The van der Waals surface area contributed by atoms with Crippen LogP contribution in [0.5, 0.6) is 0 Å². The smallest absolute Gasteiger partial charge is 0.253 e. The third-order valence-corrected chi connectivity index (χ3v) is 5.32. The predicted molar refractivity (Wildman–Crippen MR) is 106 cm³/mol. The molecular formula is C22H17FN4O2. The molecule has 7 heteroatoms. The van der Waals surface area contributed by atoms with E-state index in [-0.39, 0.29) is 12.3 Å². The second-order valence-corrected chi connectivity index (χ2v) is 7.05. The zero-order valence-corrected chi connectivity index (χ0v) is 15.3. The maximum Gasteiger partial charge on any atom is 0.253 e. The molecular weight excluding hydrogens is 371 g/mol. The zero-order valence-electron chi connectivity index (χ0n) is 15.3. The lowest BCUT2D eigenvalue weighted by molar-refractivity contribution is 0.0923. The van der Waals surface area contributed by atoms with Gasteiger partial charge in [-0.15, -0.1) is 0 Å². The molecule has 29 heavy (non-hydrogen) atoms. The van der Waals surface area contributed by atoms with Crippen LogP contribution in [0.1, 0.15) is 40.1 Å². The van der Waals surface area contributed by atoms with Crippen molar-refractivity contribution in [2.45, 2.75) is 18.6 Å². The summed E-state index contributed by atoms with van der Waals surface area (Å²) in [5.74, 6) is -0.787. The molecule has 0 aliphatic heterocycles. The topological polar surface area (TPSA) is 90.9 Å². The largest absolute Gasteiger partial charge is 0.388 e. The first kappa shape index (κ1) is 17.5. The fraction of sp³-hybridized carbons (Fsp3) is 0.136. The lowest BCUT2D eigenvalue weighted by atomic mass is 10.1. The number of hydrogen-bond donors (Lipinski definition) is 3. The predicted octanol–water partition coefficient (Wildman–Crippen LogP) is 3.67. The summed E-state index contributed by atoms with van der Waals surface area (Å²) in [5.41, 5.74) is 3.65. The van der Waals surface area contributed by atoms with Crippen LogP contribution in [0, 0.1) is 5.82 Å². The van der Waals surface area contributed by atoms with Gasteiger partial charge in [0, 0.05) is 41.5 Å². The molecule has 0 fully saturated rings. The first-order valence-corrected chi connectivity index (χ1v) is 9.27. The minimum absolute atomic E-state index is 0.246. The van der Waals surface area contributed by atoms with Crippen molar-refractivity contribution < 1.29 is 14.3 Å². The molecule has 1 amide bonds. The van der Waals surface area contributed by atoms with E-state index in [9.17, 15) is 14.3 Å². The minimum atomic E-state index is -0.790. The fourth-order valence-electron chi connectivity index (χ4n) is 3.92. The van der Waals surface area contributed by atoms with Gasteiger partial charge < -0.3 is 15.4 Å². The number of aliphatic hydroxyl groups is 1. The van der Waals surface area contributed by atoms with E-state index < -0.39 is 18.0 Å². The molecule has 3 N–H and O–H groups in total. The monoisotopic (exact) mass is 388 g/mol. The summed E-state index contributed by atoms with van der Waals surface area (Å²) in [4.78, 5) is 24.4. The summed E-state index contributed by atoms with van der Waals surface area (Å²) >= 11 is 0. The van der Waals surface area contributed by atoms with Crippen LogP contribution in [0.3, 0.4) is 0 Å². The number of amides is 1. The van der Waals surface area contributed by atoms with Crippen LogP contribution in [-0.2, 0) is 0 Å². The van der Waals surface area contributed by atoms with E-state index in [2.05, 4.69) is 20.3 Å². The Morgan fingerprint density at radius 1 is 1.17 bits per heavy atom. The second-order valence-electron chi connectivity index (χ2n) is 7.05. The van der Waals surface area contributed by atoms with Crippen LogP contribution < -0.4 is 5.32 Å². The van der Waals surface area contributed by atoms with E-state index in [0.717, 1.165) is 22.3 Å². The average molecular weight is 388 g/mol. The Hall–Kier alpha value is -3.58. The fourth-order valence-corrected chi connectivity index (χ4v) is 3.92. The zero-order chi connectivity index (χ0) is 20.0. The van der Waals surface area contributed by atoms with E-state index >= 15 is 0 Å². The van der Waals surface area contributed by atoms with Gasteiger partial charge in [-0.05, 0) is 35.9 Å². The maximum absolute atomic E-state index is 14.2. The van der Waals surface area contributed by atoms with E-state index in [1.165, 1.54) is 12.3 Å². The first-order valence-electron chi connectivity index (χ1n) is 9.27. The number of carbonyl (C=O) groups excluding carboxylic acids is 1. The number of hydrogen-bond acceptors (Lipinski definition) is 4. The van der Waals surface area contributed by atoms with Gasteiger partial charge >= 0.3 is 0 Å². The van der Waals surface area contributed by atoms with Gasteiger partial charge in [-0.3, -0.25) is 9.78 Å². The summed E-state index contributed by atoms with van der Waals surface area (Å²) in [5, 5.41) is 13.9. The van der Waals surface area contributed by atoms with E-state index in [0.29, 0.717) is 16.7 Å². The lowest BCUT2D eigenvalue weighted by Crippen LogP contribution is -2.27. The SMILES string of the molecule is O=C(N[C@H]1C[C@H](O)c2cccc(F)c21)c1ccc(-c2ccnc3[nH]ccc23)nc1. The molecule has 0 bridgehead atoms. The highest BCUT2D eigenvalue weighted by Gasteiger charge is 2.33. The number of rotatable bonds is 3. The Kier molecular flexibility index (Phi) is 4.10. The normalized spacial score (nSPS) is 18.0. The number of halogens is 1. The van der Waals surface area contributed by atoms with Crippen molar-refractivity contribution in [2.75, 3.05) is 0 Å². The molecule has 1 aromatic carbocycles. The number of aromatic amines is 1. The van der Waals surface area contributed by atoms with Gasteiger partial charge in [-0.25, -0.2) is 9.37 Å². The number of aromatic nitrogens is 3. The average Bonchev–Trinajstić information content (AvgIpc) is 3.33. The number of fused-ring (bicyclic) bond motifs is 2. The van der Waals surface area contributed by atoms with Crippen LogP contribution >= 0.6 is 0 Å². The van der Waals surface area contributed by atoms with Crippen LogP contribution in [0.25, 0.3) is 22.3 Å². The summed E-state index contributed by atoms with van der Waals surface area (Å²) in [6, 6.07) is 11.3. The Morgan fingerprint density at radius 3 is 2.90 bits per heavy atom. The molecule has 1 aliphatic carbocycles. The third-order valence-electron chi connectivity index (χ3n) is 5.32. The summed E-state index contributed by atoms with van der Waals surface area (Å²) in [6.07, 6.45) is 4.47. The molecule has 3 aromatic heterocycles. The highest BCUT2D eigenvalue weighted by molar-refractivity contribution is 5.95. The molecule has 0 unspecified atom stereocenters. The van der Waals surface area contributed by atoms with Gasteiger partial charge in [0.05, 0.1) is 23.4 Å². The van der Waals surface area contributed by atoms with Gasteiger partial charge in [0.15, 0.2) is 0 Å². The number of carbonyl (C=O) groups is 1. The van der Waals surface area contributed by atoms with E-state index in [1.807, 2.05) is 18.3 Å². The Balaban J connectivity index is 1.39. The van der Waals surface area contributed by atoms with Crippen LogP contribution in [0.4, 0.5) is 4.39 Å². The Labute approximate surface area is 165 Å². The number of aliphatic hydroxyl groups excluding tert-OH is 1. The summed E-state index contributed by atoms with van der Waals surface area (Å²) in [6.45, 7) is 0. The molecule has 6 nitrogen and oxygen atoms in total. The van der Waals surface area contributed by atoms with Crippen molar-refractivity contribution in [3.63, 3.8) is 0 Å². The number of pyridine rings is 2. The van der Waals surface area contributed by atoms with Crippen LogP contribution in [-0.4, -0.2) is 26.0 Å². The second kappa shape index (κ2) is 6.79. The van der Waals surface area contributed by atoms with Crippen molar-refractivity contribution in [3.05, 3.63) is 83.6 Å². The molecule has 4 aromatic rings. The molecule has 1 aliphatic rings. The van der Waals surface area contributed by atoms with Crippen LogP contribution in [0.15, 0.2) is 61.1 Å². The molecule has 0 saturated carbocycles. The lowest BCUT2D eigenvalue weighted by Gasteiger charge is -2.14. The molecule has 144 valence electrons. The van der Waals surface area contributed by atoms with Crippen molar-refractivity contribution in [2.24, 2.45) is 0 Å². The van der Waals surface area contributed by atoms with Gasteiger partial charge in [0.2, 0.25) is 0 Å². The summed E-state index contributed by atoms with van der Waals surface area (Å²) < 4.78 is 14.2. The van der Waals surface area contributed by atoms with Gasteiger partial charge in [0.25, 0.3) is 5.91 Å². The van der Waals surface area contributed by atoms with E-state index in [1.54, 1.807) is 30.5 Å². The number of nitrogens with one attached hydrogen (secondary N) is 2. The van der Waals surface area contributed by atoms with E-state index in [4.69, 9.17) is 0 Å². The molecule has 3 heterocycles. The van der Waals surface area contributed by atoms with Crippen molar-refractivity contribution in [3.8, 4) is 11.3 Å². The number of nitrogens with zero attached hydrogens (tertiary/aromatic N) is 2. The van der Waals surface area contributed by atoms with Gasteiger partial charge in [0.1, 0.15) is 11.5 Å². The van der Waals surface area contributed by atoms with Crippen LogP contribution in [0.2, 0.25) is 0 Å². The summed E-state index contributed by atoms with van der Waals surface area (Å²) in [7, 11) is 0. The maximum atomic E-state index is 14.2. The standard InChI is InChI=1S/C22H17FN4O2/c23-16-3-1-2-15-19(28)10-18(20(15)16)27-22(29)12-4-5-17(26-11-12)13-6-8-24-21-14(13)7-9-25-21/h1-9,11,18-19,28H,10H2,(H,24,25)(H,27,29)/t18-,19-/m0/s1. The number of benzene rings is 1. The van der Waals surface area contributed by atoms with Crippen molar-refractivity contribution in [1.29, 1.82) is 0 Å². The highest BCUT2D eigenvalue weighted by Crippen LogP contribution is 2.40. The van der Waals surface area contributed by atoms with Crippen molar-refractivity contribution >= 4 is 16.9 Å². The van der Waals surface area contributed by atoms with Gasteiger partial charge in [-0.2, -0.15) is 0 Å². The molecule has 0 saturated heterocycles. The van der Waals surface area contributed by atoms with Crippen molar-refractivity contribution in [1.82, 2.24) is 20.3 Å². The first-order chi connectivity index (χ1) is 14.1.